The van der Waals surface area contributed by atoms with E-state index in [1.165, 1.54) is 12.1 Å². The second-order valence-electron chi connectivity index (χ2n) is 4.68. The van der Waals surface area contributed by atoms with Crippen molar-refractivity contribution in [3.63, 3.8) is 0 Å². The Labute approximate surface area is 109 Å². The summed E-state index contributed by atoms with van der Waals surface area (Å²) in [6.07, 6.45) is -0.923. The molecule has 6 heteroatoms. The Kier molecular flexibility index (Phi) is 3.53. The van der Waals surface area contributed by atoms with E-state index in [1.807, 2.05) is 0 Å². The predicted molar refractivity (Wildman–Crippen MR) is 64.2 cm³/mol. The number of nitrogens with zero attached hydrogens (tertiary/aromatic N) is 1. The number of benzene rings is 1. The molecular formula is C13H14FNO4. The van der Waals surface area contributed by atoms with E-state index in [1.54, 1.807) is 13.0 Å². The maximum absolute atomic E-state index is 13.7. The van der Waals surface area contributed by atoms with Crippen LogP contribution < -0.4 is 0 Å². The lowest BCUT2D eigenvalue weighted by Gasteiger charge is -2.21. The molecule has 1 amide bonds. The fourth-order valence-corrected chi connectivity index (χ4v) is 2.22. The number of carbonyl (C=O) groups is 2. The highest BCUT2D eigenvalue weighted by Gasteiger charge is 2.39. The van der Waals surface area contributed by atoms with Crippen molar-refractivity contribution in [3.05, 3.63) is 35.1 Å². The van der Waals surface area contributed by atoms with Gasteiger partial charge < -0.3 is 15.1 Å². The van der Waals surface area contributed by atoms with Crippen molar-refractivity contribution in [3.8, 4) is 0 Å². The van der Waals surface area contributed by atoms with E-state index < -0.39 is 29.8 Å². The molecule has 0 spiro atoms. The van der Waals surface area contributed by atoms with Gasteiger partial charge in [-0.15, -0.1) is 0 Å². The van der Waals surface area contributed by atoms with Crippen molar-refractivity contribution in [1.29, 1.82) is 0 Å². The molecule has 2 rings (SSSR count). The first kappa shape index (κ1) is 13.5. The standard InChI is InChI=1S/C13H14FNO4/c1-7-2-3-9(10(14)4-7)12(17)15-6-8(16)5-11(15)13(18)19/h2-4,8,11,16H,5-6H2,1H3,(H,18,19)/t8-,11+/m1/s1. The van der Waals surface area contributed by atoms with Crippen molar-refractivity contribution in [2.75, 3.05) is 6.54 Å². The molecule has 1 aliphatic rings. The third kappa shape index (κ3) is 2.58. The van der Waals surface area contributed by atoms with Crippen molar-refractivity contribution in [1.82, 2.24) is 4.90 Å². The molecule has 0 radical (unpaired) electrons. The average Bonchev–Trinajstić information content (AvgIpc) is 2.70. The van der Waals surface area contributed by atoms with E-state index in [0.717, 1.165) is 4.90 Å². The van der Waals surface area contributed by atoms with Gasteiger partial charge in [-0.05, 0) is 24.6 Å². The lowest BCUT2D eigenvalue weighted by atomic mass is 10.1. The molecule has 1 aromatic carbocycles. The van der Waals surface area contributed by atoms with Crippen LogP contribution in [-0.2, 0) is 4.79 Å². The summed E-state index contributed by atoms with van der Waals surface area (Å²) < 4.78 is 13.7. The summed E-state index contributed by atoms with van der Waals surface area (Å²) >= 11 is 0. The second-order valence-corrected chi connectivity index (χ2v) is 4.68. The highest BCUT2D eigenvalue weighted by molar-refractivity contribution is 5.97. The van der Waals surface area contributed by atoms with Gasteiger partial charge in [0.15, 0.2) is 0 Å². The molecule has 0 saturated carbocycles. The molecule has 0 bridgehead atoms. The number of rotatable bonds is 2. The zero-order chi connectivity index (χ0) is 14.2. The smallest absolute Gasteiger partial charge is 0.326 e. The molecule has 19 heavy (non-hydrogen) atoms. The maximum atomic E-state index is 13.7. The topological polar surface area (TPSA) is 77.8 Å². The van der Waals surface area contributed by atoms with Gasteiger partial charge in [0.2, 0.25) is 0 Å². The van der Waals surface area contributed by atoms with E-state index in [2.05, 4.69) is 0 Å². The van der Waals surface area contributed by atoms with Crippen molar-refractivity contribution in [2.45, 2.75) is 25.5 Å². The average molecular weight is 267 g/mol. The number of hydrogen-bond acceptors (Lipinski definition) is 3. The van der Waals surface area contributed by atoms with Gasteiger partial charge in [0.05, 0.1) is 11.7 Å². The molecule has 2 N–H and O–H groups in total. The Morgan fingerprint density at radius 2 is 2.11 bits per heavy atom. The number of carboxylic acids is 1. The number of carboxylic acid groups (broad SMARTS) is 1. The van der Waals surface area contributed by atoms with E-state index in [9.17, 15) is 19.1 Å². The number of likely N-dealkylation sites (tertiary alicyclic amines) is 1. The van der Waals surface area contributed by atoms with Crippen LogP contribution >= 0.6 is 0 Å². The minimum atomic E-state index is -1.20. The highest BCUT2D eigenvalue weighted by Crippen LogP contribution is 2.22. The summed E-state index contributed by atoms with van der Waals surface area (Å²) in [5.41, 5.74) is 0.497. The van der Waals surface area contributed by atoms with Gasteiger partial charge >= 0.3 is 5.97 Å². The number of carbonyl (C=O) groups excluding carboxylic acids is 1. The fourth-order valence-electron chi connectivity index (χ4n) is 2.22. The van der Waals surface area contributed by atoms with Gasteiger partial charge in [0.1, 0.15) is 11.9 Å². The first-order valence-electron chi connectivity index (χ1n) is 5.88. The first-order valence-corrected chi connectivity index (χ1v) is 5.88. The molecule has 1 fully saturated rings. The molecule has 1 aromatic rings. The lowest BCUT2D eigenvalue weighted by molar-refractivity contribution is -0.141. The third-order valence-electron chi connectivity index (χ3n) is 3.18. The Morgan fingerprint density at radius 3 is 2.68 bits per heavy atom. The summed E-state index contributed by atoms with van der Waals surface area (Å²) in [4.78, 5) is 24.2. The summed E-state index contributed by atoms with van der Waals surface area (Å²) in [5.74, 6) is -2.59. The second kappa shape index (κ2) is 4.97. The third-order valence-corrected chi connectivity index (χ3v) is 3.18. The summed E-state index contributed by atoms with van der Waals surface area (Å²) in [6, 6.07) is 3.02. The summed E-state index contributed by atoms with van der Waals surface area (Å²) in [7, 11) is 0. The molecule has 1 aliphatic heterocycles. The van der Waals surface area contributed by atoms with Crippen LogP contribution in [0.15, 0.2) is 18.2 Å². The molecule has 2 atom stereocenters. The van der Waals surface area contributed by atoms with Crippen LogP contribution in [0.3, 0.4) is 0 Å². The van der Waals surface area contributed by atoms with Gasteiger partial charge in [-0.1, -0.05) is 6.07 Å². The number of aliphatic hydroxyl groups excluding tert-OH is 1. The summed E-state index contributed by atoms with van der Waals surface area (Å²) in [5, 5.41) is 18.5. The van der Waals surface area contributed by atoms with Crippen LogP contribution in [0.25, 0.3) is 0 Å². The van der Waals surface area contributed by atoms with Gasteiger partial charge in [0.25, 0.3) is 5.91 Å². The Bertz CT molecular complexity index is 531. The van der Waals surface area contributed by atoms with Gasteiger partial charge in [-0.3, -0.25) is 4.79 Å². The van der Waals surface area contributed by atoms with Crippen LogP contribution in [0, 0.1) is 12.7 Å². The summed E-state index contributed by atoms with van der Waals surface area (Å²) in [6.45, 7) is 1.60. The Hall–Kier alpha value is -1.95. The molecule has 1 heterocycles. The number of aryl methyl sites for hydroxylation is 1. The zero-order valence-electron chi connectivity index (χ0n) is 10.3. The van der Waals surface area contributed by atoms with E-state index >= 15 is 0 Å². The number of β-amino-alcohol motifs (C(OH)–C–C–N with tert-alkyl or cyclic N) is 1. The number of aliphatic hydroxyl groups is 1. The Balaban J connectivity index is 2.30. The van der Waals surface area contributed by atoms with Gasteiger partial charge in [0, 0.05) is 13.0 Å². The highest BCUT2D eigenvalue weighted by atomic mass is 19.1. The Morgan fingerprint density at radius 1 is 1.42 bits per heavy atom. The monoisotopic (exact) mass is 267 g/mol. The van der Waals surface area contributed by atoms with Gasteiger partial charge in [-0.2, -0.15) is 0 Å². The number of halogens is 1. The van der Waals surface area contributed by atoms with Crippen molar-refractivity contribution >= 4 is 11.9 Å². The largest absolute Gasteiger partial charge is 0.480 e. The van der Waals surface area contributed by atoms with Crippen LogP contribution in [0.5, 0.6) is 0 Å². The quantitative estimate of drug-likeness (QED) is 0.830. The molecule has 1 saturated heterocycles. The van der Waals surface area contributed by atoms with E-state index in [-0.39, 0.29) is 18.5 Å². The van der Waals surface area contributed by atoms with Crippen molar-refractivity contribution in [2.24, 2.45) is 0 Å². The van der Waals surface area contributed by atoms with Crippen LogP contribution in [-0.4, -0.2) is 45.7 Å². The number of hydrogen-bond donors (Lipinski definition) is 2. The lowest BCUT2D eigenvalue weighted by Crippen LogP contribution is -2.40. The molecular weight excluding hydrogens is 253 g/mol. The van der Waals surface area contributed by atoms with Crippen LogP contribution in [0.4, 0.5) is 4.39 Å². The number of amides is 1. The minimum Gasteiger partial charge on any atom is -0.480 e. The molecule has 5 nitrogen and oxygen atoms in total. The van der Waals surface area contributed by atoms with Gasteiger partial charge in [-0.25, -0.2) is 9.18 Å². The molecule has 0 unspecified atom stereocenters. The predicted octanol–water partition coefficient (Wildman–Crippen LogP) is 0.794. The van der Waals surface area contributed by atoms with E-state index in [4.69, 9.17) is 5.11 Å². The SMILES string of the molecule is Cc1ccc(C(=O)N2C[C@H](O)C[C@H]2C(=O)O)c(F)c1. The normalized spacial score (nSPS) is 22.6. The first-order chi connectivity index (χ1) is 8.90. The zero-order valence-corrected chi connectivity index (χ0v) is 10.3. The van der Waals surface area contributed by atoms with E-state index in [0.29, 0.717) is 5.56 Å². The molecule has 0 aromatic heterocycles. The van der Waals surface area contributed by atoms with Crippen LogP contribution in [0.2, 0.25) is 0 Å². The molecule has 0 aliphatic carbocycles. The minimum absolute atomic E-state index is 0.0332. The maximum Gasteiger partial charge on any atom is 0.326 e. The van der Waals surface area contributed by atoms with Crippen LogP contribution in [0.1, 0.15) is 22.3 Å². The van der Waals surface area contributed by atoms with Crippen molar-refractivity contribution < 1.29 is 24.2 Å². The number of aliphatic carboxylic acids is 1. The fraction of sp³-hybridized carbons (Fsp3) is 0.385. The molecule has 102 valence electrons.